The quantitative estimate of drug-likeness (QED) is 0.626. The van der Waals surface area contributed by atoms with E-state index >= 15 is 0 Å². The summed E-state index contributed by atoms with van der Waals surface area (Å²) in [5, 5.41) is 13.4. The SMILES string of the molecule is [CH2]CCCCc1nnn[nH]1. The highest BCUT2D eigenvalue weighted by Gasteiger charge is 1.94. The van der Waals surface area contributed by atoms with E-state index in [1.807, 2.05) is 0 Å². The number of rotatable bonds is 4. The maximum absolute atomic E-state index is 3.75. The van der Waals surface area contributed by atoms with Gasteiger partial charge in [0.05, 0.1) is 0 Å². The fraction of sp³-hybridized carbons (Fsp3) is 0.667. The number of tetrazole rings is 1. The molecule has 0 aliphatic heterocycles. The molecule has 1 heterocycles. The molecular weight excluding hydrogens is 128 g/mol. The number of nitrogens with one attached hydrogen (secondary N) is 1. The van der Waals surface area contributed by atoms with Crippen LogP contribution in [0.4, 0.5) is 0 Å². The Labute approximate surface area is 60.0 Å². The third kappa shape index (κ3) is 2.13. The zero-order valence-electron chi connectivity index (χ0n) is 5.88. The predicted octanol–water partition coefficient (Wildman–Crippen LogP) is 0.747. The number of aromatic nitrogens is 4. The van der Waals surface area contributed by atoms with E-state index in [-0.39, 0.29) is 0 Å². The highest BCUT2D eigenvalue weighted by Crippen LogP contribution is 1.98. The Morgan fingerprint density at radius 3 is 2.90 bits per heavy atom. The average molecular weight is 139 g/mol. The van der Waals surface area contributed by atoms with E-state index < -0.39 is 0 Å². The smallest absolute Gasteiger partial charge is 0.148 e. The molecule has 1 aromatic heterocycles. The minimum Gasteiger partial charge on any atom is -0.243 e. The topological polar surface area (TPSA) is 54.5 Å². The zero-order chi connectivity index (χ0) is 7.23. The lowest BCUT2D eigenvalue weighted by molar-refractivity contribution is 0.717. The first-order valence-corrected chi connectivity index (χ1v) is 3.45. The molecule has 1 rings (SSSR count). The highest BCUT2D eigenvalue weighted by molar-refractivity contribution is 4.74. The fourth-order valence-corrected chi connectivity index (χ4v) is 0.754. The van der Waals surface area contributed by atoms with Gasteiger partial charge in [-0.15, -0.1) is 5.10 Å². The van der Waals surface area contributed by atoms with Gasteiger partial charge in [0.1, 0.15) is 5.82 Å². The molecule has 0 bridgehead atoms. The molecular formula is C6H11N4. The molecule has 0 aromatic carbocycles. The summed E-state index contributed by atoms with van der Waals surface area (Å²) in [6, 6.07) is 0. The van der Waals surface area contributed by atoms with Gasteiger partial charge in [-0.25, -0.2) is 5.10 Å². The lowest BCUT2D eigenvalue weighted by atomic mass is 10.2. The second-order valence-corrected chi connectivity index (χ2v) is 2.16. The molecule has 0 saturated heterocycles. The van der Waals surface area contributed by atoms with E-state index in [2.05, 4.69) is 27.5 Å². The largest absolute Gasteiger partial charge is 0.243 e. The Morgan fingerprint density at radius 2 is 2.30 bits per heavy atom. The number of aryl methyl sites for hydroxylation is 1. The first-order chi connectivity index (χ1) is 4.93. The van der Waals surface area contributed by atoms with Crippen molar-refractivity contribution in [3.05, 3.63) is 12.7 Å². The third-order valence-electron chi connectivity index (χ3n) is 1.30. The van der Waals surface area contributed by atoms with E-state index in [0.717, 1.165) is 31.5 Å². The van der Waals surface area contributed by atoms with Crippen LogP contribution in [0.1, 0.15) is 25.1 Å². The van der Waals surface area contributed by atoms with Crippen LogP contribution in [-0.4, -0.2) is 20.6 Å². The van der Waals surface area contributed by atoms with Crippen LogP contribution in [-0.2, 0) is 6.42 Å². The van der Waals surface area contributed by atoms with Crippen molar-refractivity contribution in [2.45, 2.75) is 25.7 Å². The van der Waals surface area contributed by atoms with Crippen LogP contribution in [0.25, 0.3) is 0 Å². The fourth-order valence-electron chi connectivity index (χ4n) is 0.754. The Kier molecular flexibility index (Phi) is 2.86. The van der Waals surface area contributed by atoms with Gasteiger partial charge in [0.25, 0.3) is 0 Å². The Bertz CT molecular complexity index is 158. The summed E-state index contributed by atoms with van der Waals surface area (Å²) in [7, 11) is 0. The molecule has 4 heteroatoms. The van der Waals surface area contributed by atoms with Gasteiger partial charge in [-0.2, -0.15) is 0 Å². The Morgan fingerprint density at radius 1 is 1.40 bits per heavy atom. The maximum atomic E-state index is 3.75. The summed E-state index contributed by atoms with van der Waals surface area (Å²) in [5.41, 5.74) is 0. The van der Waals surface area contributed by atoms with Crippen LogP contribution in [0.2, 0.25) is 0 Å². The van der Waals surface area contributed by atoms with Crippen molar-refractivity contribution < 1.29 is 0 Å². The van der Waals surface area contributed by atoms with Crippen molar-refractivity contribution in [3.8, 4) is 0 Å². The lowest BCUT2D eigenvalue weighted by Gasteiger charge is -1.91. The molecule has 0 unspecified atom stereocenters. The Hall–Kier alpha value is -0.930. The molecule has 0 aliphatic rings. The van der Waals surface area contributed by atoms with Crippen molar-refractivity contribution in [3.63, 3.8) is 0 Å². The van der Waals surface area contributed by atoms with Gasteiger partial charge in [0.2, 0.25) is 0 Å². The summed E-state index contributed by atoms with van der Waals surface area (Å²) >= 11 is 0. The van der Waals surface area contributed by atoms with Gasteiger partial charge in [-0.05, 0) is 16.8 Å². The van der Waals surface area contributed by atoms with Gasteiger partial charge < -0.3 is 0 Å². The van der Waals surface area contributed by atoms with Gasteiger partial charge in [-0.3, -0.25) is 0 Å². The maximum Gasteiger partial charge on any atom is 0.148 e. The summed E-state index contributed by atoms with van der Waals surface area (Å²) in [6.45, 7) is 3.74. The van der Waals surface area contributed by atoms with Crippen molar-refractivity contribution in [1.82, 2.24) is 20.6 Å². The minimum atomic E-state index is 0.869. The second-order valence-electron chi connectivity index (χ2n) is 2.16. The predicted molar refractivity (Wildman–Crippen MR) is 37.1 cm³/mol. The summed E-state index contributed by atoms with van der Waals surface area (Å²) in [6.07, 6.45) is 4.17. The average Bonchev–Trinajstić information content (AvgIpc) is 2.41. The monoisotopic (exact) mass is 139 g/mol. The number of aromatic amines is 1. The van der Waals surface area contributed by atoms with E-state index in [9.17, 15) is 0 Å². The van der Waals surface area contributed by atoms with Gasteiger partial charge in [0.15, 0.2) is 0 Å². The molecule has 1 aromatic rings. The van der Waals surface area contributed by atoms with Crippen LogP contribution in [0, 0.1) is 6.92 Å². The summed E-state index contributed by atoms with van der Waals surface area (Å²) in [4.78, 5) is 0. The van der Waals surface area contributed by atoms with Crippen molar-refractivity contribution >= 4 is 0 Å². The van der Waals surface area contributed by atoms with Gasteiger partial charge in [0, 0.05) is 6.42 Å². The lowest BCUT2D eigenvalue weighted by Crippen LogP contribution is -1.87. The number of H-pyrrole nitrogens is 1. The molecule has 0 saturated carbocycles. The number of hydrogen-bond donors (Lipinski definition) is 1. The van der Waals surface area contributed by atoms with Crippen LogP contribution in [0.15, 0.2) is 0 Å². The molecule has 0 fully saturated rings. The molecule has 0 spiro atoms. The van der Waals surface area contributed by atoms with Crippen molar-refractivity contribution in [2.24, 2.45) is 0 Å². The van der Waals surface area contributed by atoms with Crippen molar-refractivity contribution in [1.29, 1.82) is 0 Å². The molecule has 4 nitrogen and oxygen atoms in total. The standard InChI is InChI=1S/C6H11N4/c1-2-3-4-5-6-7-9-10-8-6/h1-5H2,(H,7,8,9,10). The molecule has 1 radical (unpaired) electrons. The molecule has 0 atom stereocenters. The molecule has 55 valence electrons. The van der Waals surface area contributed by atoms with E-state index in [1.54, 1.807) is 0 Å². The summed E-state index contributed by atoms with van der Waals surface area (Å²) < 4.78 is 0. The first-order valence-electron chi connectivity index (χ1n) is 3.45. The van der Waals surface area contributed by atoms with E-state index in [0.29, 0.717) is 0 Å². The van der Waals surface area contributed by atoms with Crippen LogP contribution < -0.4 is 0 Å². The Balaban J connectivity index is 2.15. The molecule has 0 amide bonds. The number of nitrogens with zero attached hydrogens (tertiary/aromatic N) is 3. The van der Waals surface area contributed by atoms with Crippen LogP contribution in [0.5, 0.6) is 0 Å². The van der Waals surface area contributed by atoms with E-state index in [1.165, 1.54) is 0 Å². The van der Waals surface area contributed by atoms with E-state index in [4.69, 9.17) is 0 Å². The molecule has 1 N–H and O–H groups in total. The second kappa shape index (κ2) is 3.98. The molecule has 0 aliphatic carbocycles. The number of unbranched alkanes of at least 4 members (excludes halogenated alkanes) is 2. The molecule has 10 heavy (non-hydrogen) atoms. The zero-order valence-corrected chi connectivity index (χ0v) is 5.88. The normalized spacial score (nSPS) is 10.1. The van der Waals surface area contributed by atoms with Gasteiger partial charge >= 0.3 is 0 Å². The van der Waals surface area contributed by atoms with Crippen LogP contribution >= 0.6 is 0 Å². The third-order valence-corrected chi connectivity index (χ3v) is 1.30. The first kappa shape index (κ1) is 7.18. The number of hydrogen-bond acceptors (Lipinski definition) is 3. The highest BCUT2D eigenvalue weighted by atomic mass is 15.5. The minimum absolute atomic E-state index is 0.869. The van der Waals surface area contributed by atoms with Crippen LogP contribution in [0.3, 0.4) is 0 Å². The summed E-state index contributed by atoms with van der Waals surface area (Å²) in [5.74, 6) is 0.869. The van der Waals surface area contributed by atoms with Gasteiger partial charge in [-0.1, -0.05) is 19.8 Å². The van der Waals surface area contributed by atoms with Crippen molar-refractivity contribution in [2.75, 3.05) is 0 Å².